The highest BCUT2D eigenvalue weighted by atomic mass is 17.2. The number of hydrogen-bond acceptors (Lipinski definition) is 3. The second-order valence-corrected chi connectivity index (χ2v) is 4.31. The molecular formula is C15H21O3. The minimum Gasteiger partial charge on any atom is -0.292 e. The standard InChI is InChI=1S/C15H21O3/c1-4-6-7-13-8-10-14(11-9-13)15(16)18-17-12(3)5-2/h8-11H,4-7H2,1-3H3. The third kappa shape index (κ3) is 4.88. The van der Waals surface area contributed by atoms with E-state index in [1.165, 1.54) is 12.0 Å². The van der Waals surface area contributed by atoms with Gasteiger partial charge in [0.05, 0.1) is 5.56 Å². The normalized spacial score (nSPS) is 10.7. The fourth-order valence-electron chi connectivity index (χ4n) is 1.40. The number of unbranched alkanes of at least 4 members (excludes halogenated alkanes) is 1. The lowest BCUT2D eigenvalue weighted by Gasteiger charge is -2.07. The molecule has 0 saturated heterocycles. The number of carbonyl (C=O) groups is 1. The molecule has 99 valence electrons. The zero-order valence-electron chi connectivity index (χ0n) is 11.4. The van der Waals surface area contributed by atoms with Gasteiger partial charge < -0.3 is 0 Å². The van der Waals surface area contributed by atoms with Gasteiger partial charge in [0.25, 0.3) is 0 Å². The van der Waals surface area contributed by atoms with E-state index >= 15 is 0 Å². The second-order valence-electron chi connectivity index (χ2n) is 4.31. The Hall–Kier alpha value is -1.35. The zero-order valence-corrected chi connectivity index (χ0v) is 11.4. The van der Waals surface area contributed by atoms with Crippen LogP contribution in [0, 0.1) is 6.10 Å². The van der Waals surface area contributed by atoms with E-state index in [9.17, 15) is 4.79 Å². The molecule has 0 aliphatic heterocycles. The summed E-state index contributed by atoms with van der Waals surface area (Å²) in [6, 6.07) is 7.47. The summed E-state index contributed by atoms with van der Waals surface area (Å²) in [7, 11) is 0. The summed E-state index contributed by atoms with van der Waals surface area (Å²) in [5.41, 5.74) is 1.75. The predicted octanol–water partition coefficient (Wildman–Crippen LogP) is 4.08. The van der Waals surface area contributed by atoms with Crippen LogP contribution in [0.5, 0.6) is 0 Å². The fraction of sp³-hybridized carbons (Fsp3) is 0.467. The first-order valence-corrected chi connectivity index (χ1v) is 6.47. The van der Waals surface area contributed by atoms with Gasteiger partial charge in [-0.2, -0.15) is 4.89 Å². The van der Waals surface area contributed by atoms with Gasteiger partial charge in [-0.05, 0) is 43.9 Å². The van der Waals surface area contributed by atoms with Gasteiger partial charge in [-0.15, -0.1) is 0 Å². The van der Waals surface area contributed by atoms with E-state index in [1.54, 1.807) is 19.1 Å². The molecule has 0 N–H and O–H groups in total. The Balaban J connectivity index is 2.48. The van der Waals surface area contributed by atoms with E-state index in [1.807, 2.05) is 19.1 Å². The van der Waals surface area contributed by atoms with Crippen molar-refractivity contribution in [2.24, 2.45) is 0 Å². The first-order chi connectivity index (χ1) is 8.67. The molecule has 0 unspecified atom stereocenters. The summed E-state index contributed by atoms with van der Waals surface area (Å²) in [5, 5.41) is 0. The topological polar surface area (TPSA) is 35.5 Å². The molecule has 3 heteroatoms. The zero-order chi connectivity index (χ0) is 13.4. The monoisotopic (exact) mass is 249 g/mol. The van der Waals surface area contributed by atoms with Crippen molar-refractivity contribution in [2.75, 3.05) is 0 Å². The van der Waals surface area contributed by atoms with Gasteiger partial charge >= 0.3 is 5.97 Å². The molecule has 1 aromatic rings. The summed E-state index contributed by atoms with van der Waals surface area (Å²) in [4.78, 5) is 21.2. The molecule has 18 heavy (non-hydrogen) atoms. The SMILES string of the molecule is CCCCc1ccc(C(=O)OO[C](C)CC)cc1. The van der Waals surface area contributed by atoms with Crippen LogP contribution in [0.1, 0.15) is 56.0 Å². The second kappa shape index (κ2) is 7.88. The highest BCUT2D eigenvalue weighted by Crippen LogP contribution is 2.11. The van der Waals surface area contributed by atoms with Crippen LogP contribution in [-0.4, -0.2) is 5.97 Å². The Morgan fingerprint density at radius 3 is 2.33 bits per heavy atom. The maximum Gasteiger partial charge on any atom is 0.373 e. The Morgan fingerprint density at radius 1 is 1.11 bits per heavy atom. The summed E-state index contributed by atoms with van der Waals surface area (Å²) in [6.07, 6.45) is 4.79. The third-order valence-corrected chi connectivity index (χ3v) is 2.77. The summed E-state index contributed by atoms with van der Waals surface area (Å²) in [5.74, 6) is -0.454. The lowest BCUT2D eigenvalue weighted by molar-refractivity contribution is -0.232. The smallest absolute Gasteiger partial charge is 0.292 e. The van der Waals surface area contributed by atoms with Crippen molar-refractivity contribution in [3.8, 4) is 0 Å². The van der Waals surface area contributed by atoms with Crippen LogP contribution in [0.4, 0.5) is 0 Å². The minimum atomic E-state index is -0.454. The summed E-state index contributed by atoms with van der Waals surface area (Å²) in [6.45, 7) is 5.88. The van der Waals surface area contributed by atoms with Crippen LogP contribution < -0.4 is 0 Å². The minimum absolute atomic E-state index is 0.454. The van der Waals surface area contributed by atoms with Gasteiger partial charge in [-0.25, -0.2) is 4.79 Å². The number of aryl methyl sites for hydroxylation is 1. The highest BCUT2D eigenvalue weighted by molar-refractivity contribution is 5.88. The van der Waals surface area contributed by atoms with Crippen LogP contribution in [0.15, 0.2) is 24.3 Å². The van der Waals surface area contributed by atoms with Crippen molar-refractivity contribution < 1.29 is 14.6 Å². The number of rotatable bonds is 7. The molecule has 0 aromatic heterocycles. The first kappa shape index (κ1) is 14.7. The van der Waals surface area contributed by atoms with E-state index in [-0.39, 0.29) is 0 Å². The fourth-order valence-corrected chi connectivity index (χ4v) is 1.40. The molecule has 0 aliphatic carbocycles. The van der Waals surface area contributed by atoms with Crippen LogP contribution >= 0.6 is 0 Å². The van der Waals surface area contributed by atoms with E-state index in [0.717, 1.165) is 19.3 Å². The van der Waals surface area contributed by atoms with E-state index in [4.69, 9.17) is 9.78 Å². The summed E-state index contributed by atoms with van der Waals surface area (Å²) < 4.78 is 0. The Bertz CT molecular complexity index is 357. The molecule has 1 aromatic carbocycles. The lowest BCUT2D eigenvalue weighted by Crippen LogP contribution is -2.08. The molecule has 1 rings (SSSR count). The summed E-state index contributed by atoms with van der Waals surface area (Å²) >= 11 is 0. The van der Waals surface area contributed by atoms with Crippen molar-refractivity contribution in [1.82, 2.24) is 0 Å². The van der Waals surface area contributed by atoms with E-state index in [2.05, 4.69) is 6.92 Å². The maximum absolute atomic E-state index is 11.6. The van der Waals surface area contributed by atoms with Crippen molar-refractivity contribution in [3.05, 3.63) is 41.5 Å². The van der Waals surface area contributed by atoms with Crippen molar-refractivity contribution >= 4 is 5.97 Å². The molecule has 0 heterocycles. The van der Waals surface area contributed by atoms with E-state index < -0.39 is 5.97 Å². The van der Waals surface area contributed by atoms with Gasteiger partial charge in [0, 0.05) is 0 Å². The van der Waals surface area contributed by atoms with Crippen molar-refractivity contribution in [2.45, 2.75) is 46.5 Å². The Morgan fingerprint density at radius 2 is 1.78 bits per heavy atom. The number of carbonyl (C=O) groups excluding carboxylic acids is 1. The molecule has 0 fully saturated rings. The van der Waals surface area contributed by atoms with Crippen molar-refractivity contribution in [3.63, 3.8) is 0 Å². The Labute approximate surface area is 109 Å². The highest BCUT2D eigenvalue weighted by Gasteiger charge is 2.10. The van der Waals surface area contributed by atoms with E-state index in [0.29, 0.717) is 11.7 Å². The van der Waals surface area contributed by atoms with Crippen LogP contribution in [-0.2, 0) is 16.2 Å². The molecule has 0 aliphatic rings. The maximum atomic E-state index is 11.6. The molecule has 0 atom stereocenters. The lowest BCUT2D eigenvalue weighted by atomic mass is 10.1. The molecule has 0 saturated carbocycles. The van der Waals surface area contributed by atoms with Gasteiger partial charge in [0.15, 0.2) is 0 Å². The molecule has 0 amide bonds. The predicted molar refractivity (Wildman–Crippen MR) is 70.8 cm³/mol. The molecule has 3 nitrogen and oxygen atoms in total. The van der Waals surface area contributed by atoms with Gasteiger partial charge in [0.2, 0.25) is 0 Å². The average molecular weight is 249 g/mol. The largest absolute Gasteiger partial charge is 0.373 e. The quantitative estimate of drug-likeness (QED) is 0.539. The van der Waals surface area contributed by atoms with Crippen molar-refractivity contribution in [1.29, 1.82) is 0 Å². The van der Waals surface area contributed by atoms with Crippen LogP contribution in [0.3, 0.4) is 0 Å². The number of benzene rings is 1. The number of hydrogen-bond donors (Lipinski definition) is 0. The molecule has 0 bridgehead atoms. The van der Waals surface area contributed by atoms with Crippen LogP contribution in [0.2, 0.25) is 0 Å². The third-order valence-electron chi connectivity index (χ3n) is 2.77. The van der Waals surface area contributed by atoms with Gasteiger partial charge in [-0.3, -0.25) is 4.89 Å². The van der Waals surface area contributed by atoms with Gasteiger partial charge in [-0.1, -0.05) is 32.4 Å². The Kier molecular flexibility index (Phi) is 6.44. The molecular weight excluding hydrogens is 228 g/mol. The molecule has 1 radical (unpaired) electrons. The first-order valence-electron chi connectivity index (χ1n) is 6.47. The average Bonchev–Trinajstić information content (AvgIpc) is 2.42. The van der Waals surface area contributed by atoms with Gasteiger partial charge in [0.1, 0.15) is 6.10 Å². The van der Waals surface area contributed by atoms with Crippen LogP contribution in [0.25, 0.3) is 0 Å². The molecule has 0 spiro atoms.